The van der Waals surface area contributed by atoms with Crippen molar-refractivity contribution in [3.05, 3.63) is 46.1 Å². The highest BCUT2D eigenvalue weighted by Gasteiger charge is 2.25. The summed E-state index contributed by atoms with van der Waals surface area (Å²) in [5, 5.41) is 17.7. The molecule has 0 spiro atoms. The lowest BCUT2D eigenvalue weighted by molar-refractivity contribution is 0.0884. The highest BCUT2D eigenvalue weighted by Crippen LogP contribution is 2.26. The average molecular weight is 327 g/mol. The van der Waals surface area contributed by atoms with Crippen molar-refractivity contribution in [3.8, 4) is 11.8 Å². The SMILES string of the molecule is N#Cc1ccccc1OC1CCC(NC(=O)c2n[nH]c(=O)[nH]2)CC1. The van der Waals surface area contributed by atoms with Gasteiger partial charge in [0.05, 0.1) is 11.7 Å². The number of hydrogen-bond donors (Lipinski definition) is 3. The average Bonchev–Trinajstić information content (AvgIpc) is 3.04. The van der Waals surface area contributed by atoms with Crippen LogP contribution in [0.25, 0.3) is 0 Å². The summed E-state index contributed by atoms with van der Waals surface area (Å²) in [6.45, 7) is 0. The molecule has 1 heterocycles. The summed E-state index contributed by atoms with van der Waals surface area (Å²) in [4.78, 5) is 25.2. The number of nitriles is 1. The normalized spacial score (nSPS) is 20.1. The minimum Gasteiger partial charge on any atom is -0.489 e. The van der Waals surface area contributed by atoms with Gasteiger partial charge in [-0.25, -0.2) is 9.89 Å². The lowest BCUT2D eigenvalue weighted by atomic mass is 9.93. The summed E-state index contributed by atoms with van der Waals surface area (Å²) >= 11 is 0. The van der Waals surface area contributed by atoms with Crippen molar-refractivity contribution in [2.75, 3.05) is 0 Å². The maximum atomic E-state index is 12.0. The predicted octanol–water partition coefficient (Wildman–Crippen LogP) is 1.09. The summed E-state index contributed by atoms with van der Waals surface area (Å²) in [6, 6.07) is 9.30. The molecule has 1 saturated carbocycles. The van der Waals surface area contributed by atoms with Crippen LogP contribution in [0, 0.1) is 11.3 Å². The third kappa shape index (κ3) is 3.63. The molecule has 0 saturated heterocycles. The van der Waals surface area contributed by atoms with Crippen LogP contribution in [-0.2, 0) is 0 Å². The Morgan fingerprint density at radius 1 is 1.29 bits per heavy atom. The second-order valence-electron chi connectivity index (χ2n) is 5.70. The highest BCUT2D eigenvalue weighted by atomic mass is 16.5. The van der Waals surface area contributed by atoms with Gasteiger partial charge in [0.15, 0.2) is 0 Å². The van der Waals surface area contributed by atoms with E-state index in [1.54, 1.807) is 18.2 Å². The lowest BCUT2D eigenvalue weighted by Gasteiger charge is -2.29. The molecule has 3 N–H and O–H groups in total. The number of aromatic nitrogens is 3. The molecule has 1 amide bonds. The van der Waals surface area contributed by atoms with Gasteiger partial charge in [-0.3, -0.25) is 9.78 Å². The van der Waals surface area contributed by atoms with Gasteiger partial charge in [-0.05, 0) is 37.8 Å². The molecule has 124 valence electrons. The zero-order valence-corrected chi connectivity index (χ0v) is 12.9. The van der Waals surface area contributed by atoms with E-state index in [4.69, 9.17) is 10.00 Å². The van der Waals surface area contributed by atoms with Crippen LogP contribution in [0.3, 0.4) is 0 Å². The Morgan fingerprint density at radius 2 is 2.04 bits per heavy atom. The Morgan fingerprint density at radius 3 is 2.71 bits per heavy atom. The fourth-order valence-electron chi connectivity index (χ4n) is 2.80. The van der Waals surface area contributed by atoms with Crippen LogP contribution in [0.15, 0.2) is 29.1 Å². The van der Waals surface area contributed by atoms with Crippen molar-refractivity contribution in [2.24, 2.45) is 0 Å². The number of amides is 1. The van der Waals surface area contributed by atoms with Crippen LogP contribution in [0.1, 0.15) is 41.9 Å². The minimum absolute atomic E-state index is 0.0127. The monoisotopic (exact) mass is 327 g/mol. The Bertz CT molecular complexity index is 811. The Labute approximate surface area is 137 Å². The van der Waals surface area contributed by atoms with E-state index in [-0.39, 0.29) is 18.0 Å². The van der Waals surface area contributed by atoms with Crippen LogP contribution >= 0.6 is 0 Å². The van der Waals surface area contributed by atoms with Crippen molar-refractivity contribution >= 4 is 5.91 Å². The fourth-order valence-corrected chi connectivity index (χ4v) is 2.80. The number of rotatable bonds is 4. The molecule has 1 fully saturated rings. The lowest BCUT2D eigenvalue weighted by Crippen LogP contribution is -2.40. The number of carbonyl (C=O) groups is 1. The standard InChI is InChI=1S/C16H17N5O3/c17-9-10-3-1-2-4-13(10)24-12-7-5-11(6-8-12)18-15(22)14-19-16(23)21-20-14/h1-4,11-12H,5-8H2,(H,18,22)(H2,19,20,21,23). The first-order chi connectivity index (χ1) is 11.7. The van der Waals surface area contributed by atoms with E-state index in [0.29, 0.717) is 11.3 Å². The van der Waals surface area contributed by atoms with E-state index in [2.05, 4.69) is 26.6 Å². The molecule has 0 aliphatic heterocycles. The molecule has 1 aromatic heterocycles. The van der Waals surface area contributed by atoms with Gasteiger partial charge < -0.3 is 10.1 Å². The molecule has 0 atom stereocenters. The Balaban J connectivity index is 1.52. The minimum atomic E-state index is -0.506. The first kappa shape index (κ1) is 15.8. The third-order valence-electron chi connectivity index (χ3n) is 4.03. The molecule has 3 rings (SSSR count). The number of nitrogens with zero attached hydrogens (tertiary/aromatic N) is 2. The molecular weight excluding hydrogens is 310 g/mol. The summed E-state index contributed by atoms with van der Waals surface area (Å²) in [5.41, 5.74) is 0.0174. The van der Waals surface area contributed by atoms with Gasteiger partial charge in [0, 0.05) is 6.04 Å². The van der Waals surface area contributed by atoms with E-state index in [9.17, 15) is 9.59 Å². The molecule has 8 heteroatoms. The number of H-pyrrole nitrogens is 2. The molecular formula is C16H17N5O3. The zero-order valence-electron chi connectivity index (χ0n) is 12.9. The quantitative estimate of drug-likeness (QED) is 0.775. The van der Waals surface area contributed by atoms with Gasteiger partial charge >= 0.3 is 5.69 Å². The van der Waals surface area contributed by atoms with Crippen LogP contribution in [0.2, 0.25) is 0 Å². The van der Waals surface area contributed by atoms with Crippen molar-refractivity contribution in [1.82, 2.24) is 20.5 Å². The first-order valence-corrected chi connectivity index (χ1v) is 7.77. The van der Waals surface area contributed by atoms with E-state index in [1.165, 1.54) is 0 Å². The number of para-hydroxylation sites is 1. The molecule has 8 nitrogen and oxygen atoms in total. The van der Waals surface area contributed by atoms with Gasteiger partial charge in [-0.15, -0.1) is 5.10 Å². The summed E-state index contributed by atoms with van der Waals surface area (Å²) in [5.74, 6) is 0.190. The van der Waals surface area contributed by atoms with Crippen molar-refractivity contribution in [3.63, 3.8) is 0 Å². The summed E-state index contributed by atoms with van der Waals surface area (Å²) in [6.07, 6.45) is 3.11. The second kappa shape index (κ2) is 7.00. The van der Waals surface area contributed by atoms with Crippen molar-refractivity contribution < 1.29 is 9.53 Å². The van der Waals surface area contributed by atoms with Gasteiger partial charge in [0.1, 0.15) is 11.8 Å². The maximum absolute atomic E-state index is 12.0. The largest absolute Gasteiger partial charge is 0.489 e. The molecule has 1 aromatic carbocycles. The van der Waals surface area contributed by atoms with E-state index in [0.717, 1.165) is 25.7 Å². The van der Waals surface area contributed by atoms with Crippen LogP contribution in [-0.4, -0.2) is 33.2 Å². The molecule has 2 aromatic rings. The molecule has 1 aliphatic rings. The molecule has 0 radical (unpaired) electrons. The Kier molecular flexibility index (Phi) is 4.61. The first-order valence-electron chi connectivity index (χ1n) is 7.77. The number of nitrogens with one attached hydrogen (secondary N) is 3. The maximum Gasteiger partial charge on any atom is 0.341 e. The van der Waals surface area contributed by atoms with Crippen LogP contribution in [0.5, 0.6) is 5.75 Å². The molecule has 0 bridgehead atoms. The van der Waals surface area contributed by atoms with Gasteiger partial charge in [0.2, 0.25) is 5.82 Å². The van der Waals surface area contributed by atoms with Crippen LogP contribution < -0.4 is 15.7 Å². The number of ether oxygens (including phenoxy) is 1. The fraction of sp³-hybridized carbons (Fsp3) is 0.375. The van der Waals surface area contributed by atoms with Gasteiger partial charge in [0.25, 0.3) is 5.91 Å². The van der Waals surface area contributed by atoms with Gasteiger partial charge in [-0.2, -0.15) is 5.26 Å². The highest BCUT2D eigenvalue weighted by molar-refractivity contribution is 5.90. The molecule has 24 heavy (non-hydrogen) atoms. The topological polar surface area (TPSA) is 124 Å². The van der Waals surface area contributed by atoms with E-state index >= 15 is 0 Å². The number of hydrogen-bond acceptors (Lipinski definition) is 5. The number of benzene rings is 1. The number of aromatic amines is 2. The summed E-state index contributed by atoms with van der Waals surface area (Å²) < 4.78 is 5.92. The van der Waals surface area contributed by atoms with E-state index < -0.39 is 11.6 Å². The zero-order chi connectivity index (χ0) is 16.9. The van der Waals surface area contributed by atoms with Crippen molar-refractivity contribution in [1.29, 1.82) is 5.26 Å². The van der Waals surface area contributed by atoms with E-state index in [1.807, 2.05) is 6.07 Å². The smallest absolute Gasteiger partial charge is 0.341 e. The Hall–Kier alpha value is -3.08. The molecule has 0 unspecified atom stereocenters. The number of carbonyl (C=O) groups excluding carboxylic acids is 1. The summed E-state index contributed by atoms with van der Waals surface area (Å²) in [7, 11) is 0. The predicted molar refractivity (Wildman–Crippen MR) is 84.5 cm³/mol. The second-order valence-corrected chi connectivity index (χ2v) is 5.70. The third-order valence-corrected chi connectivity index (χ3v) is 4.03. The van der Waals surface area contributed by atoms with Gasteiger partial charge in [-0.1, -0.05) is 12.1 Å². The molecule has 1 aliphatic carbocycles. The van der Waals surface area contributed by atoms with Crippen molar-refractivity contribution in [2.45, 2.75) is 37.8 Å². The van der Waals surface area contributed by atoms with Crippen LogP contribution in [0.4, 0.5) is 0 Å².